The number of aryl methyl sites for hydroxylation is 1. The third-order valence-electron chi connectivity index (χ3n) is 6.00. The summed E-state index contributed by atoms with van der Waals surface area (Å²) in [4.78, 5) is 37.5. The van der Waals surface area contributed by atoms with Crippen molar-refractivity contribution in [1.29, 1.82) is 0 Å². The zero-order valence-electron chi connectivity index (χ0n) is 18.1. The number of hydrazine groups is 1. The summed E-state index contributed by atoms with van der Waals surface area (Å²) in [7, 11) is 1.45. The summed E-state index contributed by atoms with van der Waals surface area (Å²) >= 11 is 0. The summed E-state index contributed by atoms with van der Waals surface area (Å²) in [5, 5.41) is 13.9. The topological polar surface area (TPSA) is 102 Å². The highest BCUT2D eigenvalue weighted by atomic mass is 16.6. The summed E-state index contributed by atoms with van der Waals surface area (Å²) in [6, 6.07) is 11.3. The maximum absolute atomic E-state index is 13.7. The van der Waals surface area contributed by atoms with Crippen molar-refractivity contribution in [1.82, 2.24) is 10.0 Å². The first-order valence-corrected chi connectivity index (χ1v) is 10.6. The van der Waals surface area contributed by atoms with E-state index in [2.05, 4.69) is 0 Å². The molecule has 0 bridgehead atoms. The van der Waals surface area contributed by atoms with Gasteiger partial charge in [-0.3, -0.25) is 14.9 Å². The van der Waals surface area contributed by atoms with Gasteiger partial charge in [0.2, 0.25) is 5.72 Å². The summed E-state index contributed by atoms with van der Waals surface area (Å²) < 4.78 is 11.2. The summed E-state index contributed by atoms with van der Waals surface area (Å²) in [6.07, 6.45) is 3.10. The van der Waals surface area contributed by atoms with Crippen LogP contribution >= 0.6 is 0 Å². The van der Waals surface area contributed by atoms with Crippen LogP contribution < -0.4 is 4.74 Å². The molecule has 1 aliphatic carbocycles. The van der Waals surface area contributed by atoms with E-state index in [1.54, 1.807) is 18.2 Å². The van der Waals surface area contributed by atoms with E-state index in [1.807, 2.05) is 13.0 Å². The van der Waals surface area contributed by atoms with Crippen molar-refractivity contribution in [2.45, 2.75) is 51.3 Å². The zero-order valence-corrected chi connectivity index (χ0v) is 18.1. The lowest BCUT2D eigenvalue weighted by Gasteiger charge is -2.40. The second kappa shape index (κ2) is 8.49. The smallest absolute Gasteiger partial charge is 0.431 e. The molecule has 0 unspecified atom stereocenters. The molecule has 0 N–H and O–H groups in total. The lowest BCUT2D eigenvalue weighted by molar-refractivity contribution is -0.385. The van der Waals surface area contributed by atoms with Crippen molar-refractivity contribution < 1.29 is 24.0 Å². The van der Waals surface area contributed by atoms with E-state index in [4.69, 9.17) is 9.47 Å². The second-order valence-corrected chi connectivity index (χ2v) is 8.17. The number of non-ortho nitro benzene ring substituents is 1. The third-order valence-corrected chi connectivity index (χ3v) is 6.00. The molecule has 9 heteroatoms. The van der Waals surface area contributed by atoms with Crippen molar-refractivity contribution in [3.8, 4) is 5.75 Å². The van der Waals surface area contributed by atoms with Crippen LogP contribution in [0.5, 0.6) is 5.75 Å². The molecule has 2 amide bonds. The Morgan fingerprint density at radius 2 is 1.94 bits per heavy atom. The molecular formula is C23H25N3O6. The van der Waals surface area contributed by atoms with Gasteiger partial charge in [0, 0.05) is 36.1 Å². The molecule has 1 saturated carbocycles. The molecule has 2 aliphatic rings. The maximum atomic E-state index is 13.7. The van der Waals surface area contributed by atoms with E-state index in [0.29, 0.717) is 29.7 Å². The molecule has 2 aromatic carbocycles. The average Bonchev–Trinajstić information content (AvgIpc) is 3.03. The lowest BCUT2D eigenvalue weighted by atomic mass is 9.90. The van der Waals surface area contributed by atoms with Crippen LogP contribution in [0.2, 0.25) is 0 Å². The molecule has 2 fully saturated rings. The first-order chi connectivity index (χ1) is 15.3. The Morgan fingerprint density at radius 1 is 1.19 bits per heavy atom. The van der Waals surface area contributed by atoms with Gasteiger partial charge >= 0.3 is 6.09 Å². The minimum atomic E-state index is -1.05. The zero-order chi connectivity index (χ0) is 22.9. The number of hydrogen-bond acceptors (Lipinski definition) is 6. The van der Waals surface area contributed by atoms with E-state index in [-0.39, 0.29) is 18.1 Å². The largest absolute Gasteiger partial charge is 0.496 e. The molecule has 0 atom stereocenters. The Bertz CT molecular complexity index is 1060. The summed E-state index contributed by atoms with van der Waals surface area (Å²) in [6.45, 7) is 1.80. The second-order valence-electron chi connectivity index (χ2n) is 8.17. The number of amides is 2. The fourth-order valence-electron chi connectivity index (χ4n) is 4.47. The van der Waals surface area contributed by atoms with E-state index >= 15 is 0 Å². The molecule has 1 aliphatic heterocycles. The summed E-state index contributed by atoms with van der Waals surface area (Å²) in [5.41, 5.74) is 0.603. The van der Waals surface area contributed by atoms with Gasteiger partial charge in [0.05, 0.1) is 18.6 Å². The molecule has 1 saturated heterocycles. The van der Waals surface area contributed by atoms with Gasteiger partial charge < -0.3 is 9.47 Å². The molecule has 9 nitrogen and oxygen atoms in total. The number of ether oxygens (including phenoxy) is 2. The van der Waals surface area contributed by atoms with Crippen LogP contribution in [0.4, 0.5) is 10.5 Å². The van der Waals surface area contributed by atoms with Crippen molar-refractivity contribution in [2.75, 3.05) is 7.11 Å². The van der Waals surface area contributed by atoms with Crippen LogP contribution in [-0.4, -0.2) is 39.8 Å². The fraction of sp³-hybridized carbons (Fsp3) is 0.391. The molecule has 0 aromatic heterocycles. The standard InChI is InChI=1S/C23H25N3O6/c1-16-7-6-8-17(13-16)21(27)25-23(11-4-3-5-12-23)32-22(28)24(25)15-18-14-19(26(29)30)9-10-20(18)31-2/h6-10,13-14H,3-5,11-12,15H2,1-2H3. The Balaban J connectivity index is 1.76. The van der Waals surface area contributed by atoms with Crippen LogP contribution in [0.15, 0.2) is 42.5 Å². The number of nitrogens with zero attached hydrogens (tertiary/aromatic N) is 3. The number of rotatable bonds is 5. The van der Waals surface area contributed by atoms with Gasteiger partial charge in [-0.25, -0.2) is 14.8 Å². The highest BCUT2D eigenvalue weighted by Crippen LogP contribution is 2.42. The van der Waals surface area contributed by atoms with E-state index in [1.165, 1.54) is 35.3 Å². The van der Waals surface area contributed by atoms with E-state index < -0.39 is 16.7 Å². The number of carbonyl (C=O) groups excluding carboxylic acids is 2. The molecule has 0 radical (unpaired) electrons. The number of benzene rings is 2. The Labute approximate surface area is 185 Å². The highest BCUT2D eigenvalue weighted by molar-refractivity contribution is 5.96. The van der Waals surface area contributed by atoms with Crippen molar-refractivity contribution in [3.05, 3.63) is 69.3 Å². The molecule has 1 spiro atoms. The van der Waals surface area contributed by atoms with E-state index in [9.17, 15) is 19.7 Å². The number of carbonyl (C=O) groups is 2. The predicted molar refractivity (Wildman–Crippen MR) is 115 cm³/mol. The SMILES string of the molecule is COc1ccc([N+](=O)[O-])cc1CN1C(=O)OC2(CCCCC2)N1C(=O)c1cccc(C)c1. The van der Waals surface area contributed by atoms with E-state index in [0.717, 1.165) is 24.8 Å². The van der Waals surface area contributed by atoms with Crippen LogP contribution in [0.25, 0.3) is 0 Å². The number of methoxy groups -OCH3 is 1. The molecule has 2 aromatic rings. The fourth-order valence-corrected chi connectivity index (χ4v) is 4.47. The monoisotopic (exact) mass is 439 g/mol. The molecule has 168 valence electrons. The third kappa shape index (κ3) is 3.86. The molecule has 4 rings (SSSR count). The van der Waals surface area contributed by atoms with Gasteiger partial charge in [-0.05, 0) is 38.0 Å². The van der Waals surface area contributed by atoms with Crippen LogP contribution in [0.1, 0.15) is 53.6 Å². The van der Waals surface area contributed by atoms with Gasteiger partial charge in [0.15, 0.2) is 0 Å². The number of nitro benzene ring substituents is 1. The molecule has 32 heavy (non-hydrogen) atoms. The van der Waals surface area contributed by atoms with Gasteiger partial charge in [-0.15, -0.1) is 0 Å². The van der Waals surface area contributed by atoms with Gasteiger partial charge in [-0.2, -0.15) is 0 Å². The predicted octanol–water partition coefficient (Wildman–Crippen LogP) is 4.58. The van der Waals surface area contributed by atoms with Gasteiger partial charge in [0.25, 0.3) is 11.6 Å². The number of nitro groups is 1. The first-order valence-electron chi connectivity index (χ1n) is 10.6. The lowest BCUT2D eigenvalue weighted by Crippen LogP contribution is -2.54. The summed E-state index contributed by atoms with van der Waals surface area (Å²) in [5.74, 6) is 0.0433. The minimum absolute atomic E-state index is 0.0943. The molecule has 1 heterocycles. The van der Waals surface area contributed by atoms with Crippen LogP contribution in [-0.2, 0) is 11.3 Å². The normalized spacial score (nSPS) is 17.4. The maximum Gasteiger partial charge on any atom is 0.431 e. The quantitative estimate of drug-likeness (QED) is 0.499. The van der Waals surface area contributed by atoms with Crippen molar-refractivity contribution in [3.63, 3.8) is 0 Å². The van der Waals surface area contributed by atoms with Crippen molar-refractivity contribution >= 4 is 17.7 Å². The van der Waals surface area contributed by atoms with Crippen LogP contribution in [0.3, 0.4) is 0 Å². The highest BCUT2D eigenvalue weighted by Gasteiger charge is 2.55. The number of hydrogen-bond donors (Lipinski definition) is 0. The average molecular weight is 439 g/mol. The van der Waals surface area contributed by atoms with Gasteiger partial charge in [-0.1, -0.05) is 24.1 Å². The van der Waals surface area contributed by atoms with Crippen LogP contribution in [0, 0.1) is 17.0 Å². The Kier molecular flexibility index (Phi) is 5.73. The minimum Gasteiger partial charge on any atom is -0.496 e. The Hall–Kier alpha value is -3.62. The Morgan fingerprint density at radius 3 is 2.59 bits per heavy atom. The van der Waals surface area contributed by atoms with Gasteiger partial charge in [0.1, 0.15) is 5.75 Å². The molecular weight excluding hydrogens is 414 g/mol. The first kappa shape index (κ1) is 21.6. The van der Waals surface area contributed by atoms with Crippen molar-refractivity contribution in [2.24, 2.45) is 0 Å².